The van der Waals surface area contributed by atoms with Crippen molar-refractivity contribution in [1.29, 1.82) is 0 Å². The van der Waals surface area contributed by atoms with Gasteiger partial charge in [0.15, 0.2) is 5.65 Å². The molecule has 1 aliphatic rings. The van der Waals surface area contributed by atoms with Crippen LogP contribution in [-0.2, 0) is 6.54 Å². The molecule has 0 amide bonds. The van der Waals surface area contributed by atoms with Crippen molar-refractivity contribution in [1.82, 2.24) is 19.9 Å². The Morgan fingerprint density at radius 3 is 2.78 bits per heavy atom. The van der Waals surface area contributed by atoms with Gasteiger partial charge < -0.3 is 16.0 Å². The van der Waals surface area contributed by atoms with Gasteiger partial charge in [-0.1, -0.05) is 48.4 Å². The molecule has 0 radical (unpaired) electrons. The second-order valence-corrected chi connectivity index (χ2v) is 7.82. The predicted octanol–water partition coefficient (Wildman–Crippen LogP) is 3.90. The van der Waals surface area contributed by atoms with Gasteiger partial charge in [0, 0.05) is 30.8 Å². The van der Waals surface area contributed by atoms with Crippen molar-refractivity contribution in [2.24, 2.45) is 0 Å². The fraction of sp³-hybridized carbons (Fsp3) is 0.200. The maximum Gasteiger partial charge on any atom is 0.175 e. The summed E-state index contributed by atoms with van der Waals surface area (Å²) >= 11 is 0. The van der Waals surface area contributed by atoms with Gasteiger partial charge in [0.05, 0.1) is 11.8 Å². The lowest BCUT2D eigenvalue weighted by molar-refractivity contribution is 0.613. The molecular weight excluding hydrogens is 403 g/mol. The SMILES string of the molecule is C#Cc1cnn2c(NCc3ccc(-c4ccccc4)cc3F)cc(N[C@H]3CCNC3)nc12. The van der Waals surface area contributed by atoms with Crippen LogP contribution in [0.1, 0.15) is 17.5 Å². The number of hydrogen-bond acceptors (Lipinski definition) is 5. The second-order valence-electron chi connectivity index (χ2n) is 7.82. The summed E-state index contributed by atoms with van der Waals surface area (Å²) in [5.41, 5.74) is 3.59. The van der Waals surface area contributed by atoms with E-state index in [0.29, 0.717) is 41.0 Å². The van der Waals surface area contributed by atoms with Crippen molar-refractivity contribution in [3.05, 3.63) is 77.7 Å². The Hall–Kier alpha value is -3.89. The summed E-state index contributed by atoms with van der Waals surface area (Å²) in [6.45, 7) is 2.16. The molecule has 1 fully saturated rings. The van der Waals surface area contributed by atoms with Crippen LogP contribution in [0.3, 0.4) is 0 Å². The Kier molecular flexibility index (Phi) is 5.44. The first-order valence-corrected chi connectivity index (χ1v) is 10.6. The quantitative estimate of drug-likeness (QED) is 0.408. The number of aromatic nitrogens is 3. The summed E-state index contributed by atoms with van der Waals surface area (Å²) in [6, 6.07) is 17.3. The molecule has 32 heavy (non-hydrogen) atoms. The summed E-state index contributed by atoms with van der Waals surface area (Å²) in [5, 5.41) is 14.5. The number of nitrogens with one attached hydrogen (secondary N) is 3. The van der Waals surface area contributed by atoms with E-state index in [9.17, 15) is 4.39 Å². The molecule has 3 N–H and O–H groups in total. The van der Waals surface area contributed by atoms with Crippen LogP contribution in [0.5, 0.6) is 0 Å². The molecule has 7 heteroatoms. The Labute approximate surface area is 185 Å². The Bertz CT molecular complexity index is 1290. The zero-order valence-electron chi connectivity index (χ0n) is 17.5. The molecule has 0 unspecified atom stereocenters. The number of fused-ring (bicyclic) bond motifs is 1. The van der Waals surface area contributed by atoms with Crippen LogP contribution in [0, 0.1) is 18.2 Å². The molecule has 1 atom stereocenters. The molecule has 4 aromatic rings. The lowest BCUT2D eigenvalue weighted by atomic mass is 10.0. The first-order valence-electron chi connectivity index (χ1n) is 10.6. The molecular formula is C25H23FN6. The van der Waals surface area contributed by atoms with Gasteiger partial charge in [-0.05, 0) is 30.2 Å². The van der Waals surface area contributed by atoms with Crippen LogP contribution in [-0.4, -0.2) is 33.7 Å². The van der Waals surface area contributed by atoms with E-state index in [4.69, 9.17) is 6.42 Å². The number of hydrogen-bond donors (Lipinski definition) is 3. The first kappa shape index (κ1) is 20.0. The smallest absolute Gasteiger partial charge is 0.175 e. The lowest BCUT2D eigenvalue weighted by Crippen LogP contribution is -2.23. The number of nitrogens with zero attached hydrogens (tertiary/aromatic N) is 3. The molecule has 160 valence electrons. The van der Waals surface area contributed by atoms with E-state index in [0.717, 1.165) is 30.6 Å². The molecule has 2 aromatic carbocycles. The van der Waals surface area contributed by atoms with E-state index >= 15 is 0 Å². The number of anilines is 2. The average molecular weight is 426 g/mol. The highest BCUT2D eigenvalue weighted by Crippen LogP contribution is 2.24. The maximum atomic E-state index is 14.8. The Morgan fingerprint density at radius 1 is 1.16 bits per heavy atom. The zero-order chi connectivity index (χ0) is 21.9. The Balaban J connectivity index is 1.41. The minimum atomic E-state index is -0.260. The number of halogens is 1. The topological polar surface area (TPSA) is 66.3 Å². The van der Waals surface area contributed by atoms with Crippen LogP contribution >= 0.6 is 0 Å². The lowest BCUT2D eigenvalue weighted by Gasteiger charge is -2.15. The van der Waals surface area contributed by atoms with Gasteiger partial charge in [0.2, 0.25) is 0 Å². The molecule has 0 spiro atoms. The van der Waals surface area contributed by atoms with Gasteiger partial charge in [-0.25, -0.2) is 9.37 Å². The summed E-state index contributed by atoms with van der Waals surface area (Å²) in [7, 11) is 0. The van der Waals surface area contributed by atoms with Crippen LogP contribution < -0.4 is 16.0 Å². The van der Waals surface area contributed by atoms with E-state index in [1.807, 2.05) is 48.5 Å². The van der Waals surface area contributed by atoms with Crippen molar-refractivity contribution in [3.8, 4) is 23.5 Å². The number of rotatable bonds is 6. The minimum Gasteiger partial charge on any atom is -0.366 e. The summed E-state index contributed by atoms with van der Waals surface area (Å²) < 4.78 is 16.5. The van der Waals surface area contributed by atoms with Crippen molar-refractivity contribution >= 4 is 17.3 Å². The fourth-order valence-corrected chi connectivity index (χ4v) is 3.94. The van der Waals surface area contributed by atoms with Crippen molar-refractivity contribution in [2.45, 2.75) is 19.0 Å². The third kappa shape index (κ3) is 4.01. The molecule has 5 rings (SSSR count). The molecule has 0 saturated carbocycles. The average Bonchev–Trinajstić information content (AvgIpc) is 3.48. The van der Waals surface area contributed by atoms with Crippen LogP contribution in [0.15, 0.2) is 60.8 Å². The first-order chi connectivity index (χ1) is 15.7. The van der Waals surface area contributed by atoms with E-state index in [-0.39, 0.29) is 5.82 Å². The van der Waals surface area contributed by atoms with Crippen LogP contribution in [0.2, 0.25) is 0 Å². The van der Waals surface area contributed by atoms with Crippen molar-refractivity contribution in [3.63, 3.8) is 0 Å². The largest absolute Gasteiger partial charge is 0.366 e. The molecule has 1 saturated heterocycles. The predicted molar refractivity (Wildman–Crippen MR) is 125 cm³/mol. The normalized spacial score (nSPS) is 15.6. The highest BCUT2D eigenvalue weighted by molar-refractivity contribution is 5.65. The summed E-state index contributed by atoms with van der Waals surface area (Å²) in [4.78, 5) is 4.65. The molecule has 1 aliphatic heterocycles. The van der Waals surface area contributed by atoms with Gasteiger partial charge in [-0.2, -0.15) is 9.61 Å². The number of terminal acetylenes is 1. The van der Waals surface area contributed by atoms with E-state index in [2.05, 4.69) is 32.0 Å². The van der Waals surface area contributed by atoms with Crippen molar-refractivity contribution < 1.29 is 4.39 Å². The van der Waals surface area contributed by atoms with Gasteiger partial charge in [-0.15, -0.1) is 6.42 Å². The summed E-state index contributed by atoms with van der Waals surface area (Å²) in [6.07, 6.45) is 8.27. The zero-order valence-corrected chi connectivity index (χ0v) is 17.5. The third-order valence-electron chi connectivity index (χ3n) is 5.66. The van der Waals surface area contributed by atoms with Gasteiger partial charge in [0.1, 0.15) is 17.5 Å². The number of benzene rings is 2. The summed E-state index contributed by atoms with van der Waals surface area (Å²) in [5.74, 6) is 3.77. The molecule has 6 nitrogen and oxygen atoms in total. The minimum absolute atomic E-state index is 0.260. The van der Waals surface area contributed by atoms with Gasteiger partial charge in [-0.3, -0.25) is 0 Å². The van der Waals surface area contributed by atoms with Crippen LogP contribution in [0.25, 0.3) is 16.8 Å². The van der Waals surface area contributed by atoms with Gasteiger partial charge in [0.25, 0.3) is 0 Å². The molecule has 0 aliphatic carbocycles. The molecule has 3 heterocycles. The van der Waals surface area contributed by atoms with Crippen LogP contribution in [0.4, 0.5) is 16.0 Å². The highest BCUT2D eigenvalue weighted by atomic mass is 19.1. The van der Waals surface area contributed by atoms with E-state index in [1.54, 1.807) is 16.8 Å². The molecule has 2 aromatic heterocycles. The van der Waals surface area contributed by atoms with Gasteiger partial charge >= 0.3 is 0 Å². The maximum absolute atomic E-state index is 14.8. The fourth-order valence-electron chi connectivity index (χ4n) is 3.94. The molecule has 0 bridgehead atoms. The van der Waals surface area contributed by atoms with E-state index < -0.39 is 0 Å². The Morgan fingerprint density at radius 2 is 2.03 bits per heavy atom. The monoisotopic (exact) mass is 426 g/mol. The standard InChI is InChI=1S/C25H23FN6/c1-2-17-15-29-32-24(13-23(31-25(17)32)30-21-10-11-27-16-21)28-14-20-9-8-19(12-22(20)26)18-6-4-3-5-7-18/h1,3-9,12-13,15,21,27-28H,10-11,14,16H2,(H,30,31)/t21-/m0/s1. The third-order valence-corrected chi connectivity index (χ3v) is 5.66. The highest BCUT2D eigenvalue weighted by Gasteiger charge is 2.17. The second kappa shape index (κ2) is 8.69. The van der Waals surface area contributed by atoms with Crippen molar-refractivity contribution in [2.75, 3.05) is 23.7 Å². The van der Waals surface area contributed by atoms with E-state index in [1.165, 1.54) is 0 Å².